The van der Waals surface area contributed by atoms with Crippen molar-refractivity contribution in [2.75, 3.05) is 0 Å². The molecule has 0 fully saturated rings. The fourth-order valence-corrected chi connectivity index (χ4v) is 3.21. The summed E-state index contributed by atoms with van der Waals surface area (Å²) in [5, 5.41) is 16.0. The van der Waals surface area contributed by atoms with Crippen molar-refractivity contribution in [3.05, 3.63) is 57.1 Å². The number of pyridine rings is 1. The van der Waals surface area contributed by atoms with Crippen LogP contribution in [0.1, 0.15) is 9.67 Å². The van der Waals surface area contributed by atoms with Crippen molar-refractivity contribution < 1.29 is 9.90 Å². The first-order valence-electron chi connectivity index (χ1n) is 6.47. The Labute approximate surface area is 127 Å². The number of H-pyrrole nitrogens is 1. The number of nitrogens with zero attached hydrogens (tertiary/aromatic N) is 2. The zero-order chi connectivity index (χ0) is 15.3. The van der Waals surface area contributed by atoms with Crippen LogP contribution < -0.4 is 5.56 Å². The standard InChI is InChI=1S/C15H9N3O3S/c19-14-9-7-16-10-4-2-1-3-8(10)12(9)17-18(14)11-5-6-22-13(11)15(20)21/h1-7,16H,(H,20,21). The Balaban J connectivity index is 2.08. The van der Waals surface area contributed by atoms with Crippen LogP contribution in [0, 0.1) is 0 Å². The van der Waals surface area contributed by atoms with Gasteiger partial charge in [-0.1, -0.05) is 18.2 Å². The molecule has 2 aliphatic heterocycles. The van der Waals surface area contributed by atoms with Gasteiger partial charge < -0.3 is 10.1 Å². The minimum atomic E-state index is -1.07. The van der Waals surface area contributed by atoms with E-state index in [0.717, 1.165) is 26.9 Å². The van der Waals surface area contributed by atoms with Crippen LogP contribution in [0.5, 0.6) is 0 Å². The average Bonchev–Trinajstić information content (AvgIpc) is 3.12. The van der Waals surface area contributed by atoms with Gasteiger partial charge in [0.1, 0.15) is 10.6 Å². The van der Waals surface area contributed by atoms with Gasteiger partial charge in [0.05, 0.1) is 11.3 Å². The number of aromatic nitrogens is 3. The number of thiophene rings is 1. The monoisotopic (exact) mass is 311 g/mol. The molecule has 0 amide bonds. The first kappa shape index (κ1) is 12.8. The van der Waals surface area contributed by atoms with Gasteiger partial charge in [-0.05, 0) is 17.5 Å². The number of carboxylic acid groups (broad SMARTS) is 1. The molecule has 0 atom stereocenters. The molecular weight excluding hydrogens is 302 g/mol. The van der Waals surface area contributed by atoms with Crippen molar-refractivity contribution in [3.8, 4) is 16.9 Å². The zero-order valence-electron chi connectivity index (χ0n) is 11.1. The fraction of sp³-hybridized carbons (Fsp3) is 0. The highest BCUT2D eigenvalue weighted by atomic mass is 32.1. The molecule has 4 rings (SSSR count). The van der Waals surface area contributed by atoms with Crippen molar-refractivity contribution in [1.29, 1.82) is 0 Å². The van der Waals surface area contributed by atoms with Crippen LogP contribution in [0.3, 0.4) is 0 Å². The van der Waals surface area contributed by atoms with Crippen LogP contribution >= 0.6 is 11.3 Å². The van der Waals surface area contributed by atoms with Gasteiger partial charge in [0.15, 0.2) is 0 Å². The molecule has 0 radical (unpaired) electrons. The van der Waals surface area contributed by atoms with Crippen LogP contribution in [-0.4, -0.2) is 25.8 Å². The minimum absolute atomic E-state index is 0.0955. The maximum absolute atomic E-state index is 12.5. The van der Waals surface area contributed by atoms with Crippen LogP contribution in [0.25, 0.3) is 27.8 Å². The van der Waals surface area contributed by atoms with E-state index in [9.17, 15) is 14.7 Å². The summed E-state index contributed by atoms with van der Waals surface area (Å²) in [6.07, 6.45) is 1.61. The maximum Gasteiger partial charge on any atom is 0.348 e. The van der Waals surface area contributed by atoms with E-state index in [-0.39, 0.29) is 10.4 Å². The smallest absolute Gasteiger partial charge is 0.348 e. The van der Waals surface area contributed by atoms with Crippen molar-refractivity contribution in [3.63, 3.8) is 0 Å². The lowest BCUT2D eigenvalue weighted by Crippen LogP contribution is -2.16. The van der Waals surface area contributed by atoms with E-state index in [0.29, 0.717) is 16.9 Å². The van der Waals surface area contributed by atoms with E-state index in [1.807, 2.05) is 24.3 Å². The molecule has 1 aromatic carbocycles. The number of carboxylic acids is 1. The van der Waals surface area contributed by atoms with Gasteiger partial charge in [-0.3, -0.25) is 4.79 Å². The second-order valence-electron chi connectivity index (χ2n) is 4.75. The summed E-state index contributed by atoms with van der Waals surface area (Å²) in [5.41, 5.74) is 1.81. The molecule has 3 heterocycles. The highest BCUT2D eigenvalue weighted by molar-refractivity contribution is 7.12. The Kier molecular flexibility index (Phi) is 2.64. The summed E-state index contributed by atoms with van der Waals surface area (Å²) < 4.78 is 1.16. The number of hydrogen-bond donors (Lipinski definition) is 2. The number of carbonyl (C=O) groups is 1. The number of nitrogens with one attached hydrogen (secondary N) is 1. The topological polar surface area (TPSA) is 88.0 Å². The molecule has 2 aliphatic rings. The van der Waals surface area contributed by atoms with Crippen molar-refractivity contribution in [2.24, 2.45) is 0 Å². The van der Waals surface area contributed by atoms with Gasteiger partial charge in [0, 0.05) is 17.1 Å². The summed E-state index contributed by atoms with van der Waals surface area (Å²) in [6, 6.07) is 9.11. The molecule has 7 heteroatoms. The Bertz CT molecular complexity index is 1040. The summed E-state index contributed by atoms with van der Waals surface area (Å²) in [5.74, 6) is -1.07. The number of rotatable bonds is 2. The third-order valence-corrected chi connectivity index (χ3v) is 4.39. The lowest BCUT2D eigenvalue weighted by Gasteiger charge is -2.01. The summed E-state index contributed by atoms with van der Waals surface area (Å²) in [4.78, 5) is 27.0. The zero-order valence-corrected chi connectivity index (χ0v) is 11.9. The average molecular weight is 311 g/mol. The number of fused-ring (bicyclic) bond motifs is 3. The van der Waals surface area contributed by atoms with Crippen molar-refractivity contribution in [1.82, 2.24) is 14.8 Å². The van der Waals surface area contributed by atoms with Gasteiger partial charge in [-0.15, -0.1) is 11.3 Å². The van der Waals surface area contributed by atoms with Gasteiger partial charge >= 0.3 is 5.97 Å². The summed E-state index contributed by atoms with van der Waals surface area (Å²) in [6.45, 7) is 0. The highest BCUT2D eigenvalue weighted by Gasteiger charge is 2.22. The van der Waals surface area contributed by atoms with Gasteiger partial charge in [-0.2, -0.15) is 9.78 Å². The Morgan fingerprint density at radius 3 is 2.91 bits per heavy atom. The number of benzene rings is 1. The lowest BCUT2D eigenvalue weighted by atomic mass is 10.1. The van der Waals surface area contributed by atoms with E-state index in [2.05, 4.69) is 10.1 Å². The molecule has 0 unspecified atom stereocenters. The summed E-state index contributed by atoms with van der Waals surface area (Å²) >= 11 is 1.07. The van der Waals surface area contributed by atoms with Crippen LogP contribution in [0.15, 0.2) is 46.7 Å². The maximum atomic E-state index is 12.5. The fourth-order valence-electron chi connectivity index (χ4n) is 2.50. The van der Waals surface area contributed by atoms with Gasteiger partial charge in [0.25, 0.3) is 5.56 Å². The largest absolute Gasteiger partial charge is 0.477 e. The molecule has 0 aliphatic carbocycles. The molecule has 108 valence electrons. The first-order valence-corrected chi connectivity index (χ1v) is 7.35. The molecular formula is C15H9N3O3S. The quantitative estimate of drug-likeness (QED) is 0.595. The Hall–Kier alpha value is -2.93. The molecule has 0 saturated carbocycles. The molecule has 0 saturated heterocycles. The number of aromatic carboxylic acids is 1. The molecule has 0 bridgehead atoms. The predicted octanol–water partition coefficient (Wildman–Crippen LogP) is 2.58. The van der Waals surface area contributed by atoms with Crippen molar-refractivity contribution >= 4 is 28.2 Å². The second kappa shape index (κ2) is 4.54. The molecule has 2 N–H and O–H groups in total. The lowest BCUT2D eigenvalue weighted by molar-refractivity contribution is 0.0702. The van der Waals surface area contributed by atoms with E-state index in [4.69, 9.17) is 0 Å². The molecule has 0 spiro atoms. The molecule has 1 aromatic heterocycles. The van der Waals surface area contributed by atoms with Crippen LogP contribution in [-0.2, 0) is 0 Å². The molecule has 2 aromatic rings. The predicted molar refractivity (Wildman–Crippen MR) is 83.1 cm³/mol. The van der Waals surface area contributed by atoms with Crippen molar-refractivity contribution in [2.45, 2.75) is 0 Å². The normalized spacial score (nSPS) is 11.3. The summed E-state index contributed by atoms with van der Waals surface area (Å²) in [7, 11) is 0. The van der Waals surface area contributed by atoms with E-state index in [1.165, 1.54) is 0 Å². The highest BCUT2D eigenvalue weighted by Crippen LogP contribution is 2.27. The molecule has 22 heavy (non-hydrogen) atoms. The first-order chi connectivity index (χ1) is 10.7. The minimum Gasteiger partial charge on any atom is -0.477 e. The van der Waals surface area contributed by atoms with E-state index >= 15 is 0 Å². The Morgan fingerprint density at radius 1 is 1.27 bits per heavy atom. The number of aromatic amines is 1. The van der Waals surface area contributed by atoms with Crippen LogP contribution in [0.4, 0.5) is 0 Å². The van der Waals surface area contributed by atoms with E-state index < -0.39 is 5.97 Å². The number of para-hydroxylation sites is 1. The Morgan fingerprint density at radius 2 is 2.09 bits per heavy atom. The number of hydrogen-bond acceptors (Lipinski definition) is 4. The van der Waals surface area contributed by atoms with Crippen LogP contribution in [0.2, 0.25) is 0 Å². The third-order valence-electron chi connectivity index (χ3n) is 3.50. The third kappa shape index (κ3) is 1.69. The second-order valence-corrected chi connectivity index (χ2v) is 5.67. The van der Waals surface area contributed by atoms with Gasteiger partial charge in [0.2, 0.25) is 0 Å². The van der Waals surface area contributed by atoms with Gasteiger partial charge in [-0.25, -0.2) is 4.79 Å². The molecule has 6 nitrogen and oxygen atoms in total. The SMILES string of the molecule is O=C(O)c1sccc1-n1nc2c3ccccc3[nH]cc-2c1=O. The van der Waals surface area contributed by atoms with E-state index in [1.54, 1.807) is 17.6 Å².